The van der Waals surface area contributed by atoms with E-state index < -0.39 is 40.6 Å². The molecule has 0 fully saturated rings. The van der Waals surface area contributed by atoms with Gasteiger partial charge in [-0.2, -0.15) is 0 Å². The Bertz CT molecular complexity index is 1710. The summed E-state index contributed by atoms with van der Waals surface area (Å²) in [7, 11) is -2.60. The van der Waals surface area contributed by atoms with Crippen molar-refractivity contribution in [1.29, 1.82) is 0 Å². The zero-order valence-corrected chi connectivity index (χ0v) is 22.8. The Morgan fingerprint density at radius 3 is 1.37 bits per heavy atom. The number of hydrogen-bond acceptors (Lipinski definition) is 9. The molecule has 0 aliphatic rings. The highest BCUT2D eigenvalue weighted by Gasteiger charge is 2.15. The minimum atomic E-state index is -3.85. The molecule has 0 radical (unpaired) electrons. The summed E-state index contributed by atoms with van der Waals surface area (Å²) >= 11 is 0. The van der Waals surface area contributed by atoms with Gasteiger partial charge in [-0.05, 0) is 72.8 Å². The molecule has 0 bridgehead atoms. The van der Waals surface area contributed by atoms with Crippen molar-refractivity contribution in [1.82, 2.24) is 0 Å². The second-order valence-corrected chi connectivity index (χ2v) is 11.9. The van der Waals surface area contributed by atoms with Crippen molar-refractivity contribution in [2.45, 2.75) is 9.79 Å². The molecule has 0 unspecified atom stereocenters. The molecule has 0 heterocycles. The standard InChI is InChI=1S/C12H9FN2O4S.C6H4ClFO2S.C6H6N2O2/c13-9-1-7-12(8-2-9)20(18,19)14-10-3-5-11(6-4-10)15(16)17;7-11(9,10)6-3-1-5(8)2-4-6;7-5-1-3-6(4-2-5)8(9)10/h1-8,14H;1-4H;1-4H,7H2. The fourth-order valence-corrected chi connectivity index (χ4v) is 4.50. The van der Waals surface area contributed by atoms with Gasteiger partial charge in [-0.1, -0.05) is 0 Å². The monoisotopic (exact) mass is 628 g/mol. The molecule has 0 aliphatic heterocycles. The number of hydrogen-bond donors (Lipinski definition) is 2. The van der Waals surface area contributed by atoms with E-state index in [2.05, 4.69) is 4.72 Å². The molecule has 0 atom stereocenters. The fourth-order valence-electron chi connectivity index (χ4n) is 2.67. The van der Waals surface area contributed by atoms with E-state index in [1.165, 1.54) is 48.5 Å². The van der Waals surface area contributed by atoms with Crippen LogP contribution in [-0.2, 0) is 19.1 Å². The number of halogens is 3. The van der Waals surface area contributed by atoms with Gasteiger partial charge in [0.25, 0.3) is 30.4 Å². The third-order valence-electron chi connectivity index (χ3n) is 4.65. The Balaban J connectivity index is 0.000000236. The Kier molecular flexibility index (Phi) is 11.2. The lowest BCUT2D eigenvalue weighted by molar-refractivity contribution is -0.385. The van der Waals surface area contributed by atoms with Gasteiger partial charge in [-0.3, -0.25) is 25.0 Å². The van der Waals surface area contributed by atoms with Crippen LogP contribution in [0.5, 0.6) is 0 Å². The normalized spacial score (nSPS) is 10.7. The molecule has 4 aromatic rings. The maximum atomic E-state index is 12.7. The van der Waals surface area contributed by atoms with Crippen LogP contribution in [0.15, 0.2) is 107 Å². The van der Waals surface area contributed by atoms with E-state index in [4.69, 9.17) is 16.4 Å². The van der Waals surface area contributed by atoms with Crippen LogP contribution in [0, 0.1) is 31.9 Å². The average Bonchev–Trinajstić information content (AvgIpc) is 2.90. The summed E-state index contributed by atoms with van der Waals surface area (Å²) in [6.07, 6.45) is 0. The summed E-state index contributed by atoms with van der Waals surface area (Å²) < 4.78 is 72.3. The van der Waals surface area contributed by atoms with Gasteiger partial charge in [0, 0.05) is 46.3 Å². The van der Waals surface area contributed by atoms with Crippen LogP contribution in [0.1, 0.15) is 0 Å². The molecule has 0 saturated heterocycles. The Morgan fingerprint density at radius 2 is 1.00 bits per heavy atom. The predicted octanol–water partition coefficient (Wildman–Crippen LogP) is 5.46. The molecule has 0 spiro atoms. The van der Waals surface area contributed by atoms with Crippen molar-refractivity contribution in [3.05, 3.63) is 129 Å². The van der Waals surface area contributed by atoms with E-state index in [-0.39, 0.29) is 26.9 Å². The number of non-ortho nitro benzene ring substituents is 2. The second-order valence-electron chi connectivity index (χ2n) is 7.60. The predicted molar refractivity (Wildman–Crippen MR) is 147 cm³/mol. The molecule has 4 rings (SSSR count). The summed E-state index contributed by atoms with van der Waals surface area (Å²) in [6, 6.07) is 19.3. The number of sulfonamides is 1. The first-order valence-corrected chi connectivity index (χ1v) is 14.6. The van der Waals surface area contributed by atoms with Gasteiger partial charge in [0.05, 0.1) is 19.6 Å². The Morgan fingerprint density at radius 1 is 0.634 bits per heavy atom. The molecule has 0 aromatic heterocycles. The van der Waals surface area contributed by atoms with Crippen molar-refractivity contribution in [2.24, 2.45) is 0 Å². The number of benzene rings is 4. The summed E-state index contributed by atoms with van der Waals surface area (Å²) in [6.45, 7) is 0. The van der Waals surface area contributed by atoms with Crippen LogP contribution in [0.4, 0.5) is 31.5 Å². The van der Waals surface area contributed by atoms with Crippen molar-refractivity contribution < 1.29 is 35.5 Å². The third kappa shape index (κ3) is 10.8. The van der Waals surface area contributed by atoms with E-state index in [0.717, 1.165) is 48.5 Å². The van der Waals surface area contributed by atoms with Crippen molar-refractivity contribution in [3.63, 3.8) is 0 Å². The molecule has 4 aromatic carbocycles. The van der Waals surface area contributed by atoms with Gasteiger partial charge < -0.3 is 5.73 Å². The Hall–Kier alpha value is -4.67. The number of rotatable bonds is 6. The quantitative estimate of drug-likeness (QED) is 0.121. The van der Waals surface area contributed by atoms with Crippen LogP contribution in [-0.4, -0.2) is 26.7 Å². The molecule has 0 aliphatic carbocycles. The van der Waals surface area contributed by atoms with Crippen LogP contribution < -0.4 is 10.5 Å². The maximum absolute atomic E-state index is 12.7. The molecule has 216 valence electrons. The minimum Gasteiger partial charge on any atom is -0.399 e. The van der Waals surface area contributed by atoms with Gasteiger partial charge >= 0.3 is 0 Å². The summed E-state index contributed by atoms with van der Waals surface area (Å²) in [5.74, 6) is -1.03. The molecule has 17 heteroatoms. The van der Waals surface area contributed by atoms with E-state index in [1.54, 1.807) is 0 Å². The van der Waals surface area contributed by atoms with Gasteiger partial charge in [-0.25, -0.2) is 25.6 Å². The molecule has 41 heavy (non-hydrogen) atoms. The van der Waals surface area contributed by atoms with E-state index in [1.807, 2.05) is 0 Å². The highest BCUT2D eigenvalue weighted by atomic mass is 35.7. The highest BCUT2D eigenvalue weighted by molar-refractivity contribution is 8.13. The van der Waals surface area contributed by atoms with Crippen LogP contribution >= 0.6 is 10.7 Å². The third-order valence-corrected chi connectivity index (χ3v) is 7.42. The number of nitrogen functional groups attached to an aromatic ring is 1. The van der Waals surface area contributed by atoms with Crippen LogP contribution in [0.25, 0.3) is 0 Å². The Labute approximate surface area is 236 Å². The minimum absolute atomic E-state index is 0.0641. The smallest absolute Gasteiger partial charge is 0.269 e. The lowest BCUT2D eigenvalue weighted by Crippen LogP contribution is -2.12. The molecule has 3 N–H and O–H groups in total. The summed E-state index contributed by atoms with van der Waals surface area (Å²) in [4.78, 5) is 19.3. The number of nitro groups is 2. The highest BCUT2D eigenvalue weighted by Crippen LogP contribution is 2.20. The van der Waals surface area contributed by atoms with Gasteiger partial charge in [-0.15, -0.1) is 0 Å². The van der Waals surface area contributed by atoms with Crippen LogP contribution in [0.2, 0.25) is 0 Å². The van der Waals surface area contributed by atoms with Gasteiger partial charge in [0.15, 0.2) is 0 Å². The average molecular weight is 629 g/mol. The lowest BCUT2D eigenvalue weighted by Gasteiger charge is -2.07. The maximum Gasteiger partial charge on any atom is 0.269 e. The number of anilines is 2. The molecular weight excluding hydrogens is 610 g/mol. The SMILES string of the molecule is Nc1ccc([N+](=O)[O-])cc1.O=S(=O)(Cl)c1ccc(F)cc1.O=[N+]([O-])c1ccc(NS(=O)(=O)c2ccc(F)cc2)cc1. The van der Waals surface area contributed by atoms with Gasteiger partial charge in [0.1, 0.15) is 11.6 Å². The first-order valence-electron chi connectivity index (χ1n) is 10.8. The summed E-state index contributed by atoms with van der Waals surface area (Å²) in [5, 5.41) is 20.6. The first-order chi connectivity index (χ1) is 19.1. The number of nitrogens with two attached hydrogens (primary N) is 1. The summed E-state index contributed by atoms with van der Waals surface area (Å²) in [5.41, 5.74) is 5.94. The molecule has 0 saturated carbocycles. The molecular formula is C24H19ClF2N4O8S2. The topological polar surface area (TPSA) is 193 Å². The number of nitro benzene ring substituents is 2. The van der Waals surface area contributed by atoms with E-state index in [0.29, 0.717) is 5.69 Å². The zero-order valence-electron chi connectivity index (χ0n) is 20.4. The molecule has 12 nitrogen and oxygen atoms in total. The van der Waals surface area contributed by atoms with Crippen molar-refractivity contribution >= 4 is 52.5 Å². The first kappa shape index (κ1) is 32.5. The van der Waals surface area contributed by atoms with Crippen molar-refractivity contribution in [2.75, 3.05) is 10.5 Å². The van der Waals surface area contributed by atoms with E-state index in [9.17, 15) is 45.8 Å². The van der Waals surface area contributed by atoms with Crippen LogP contribution in [0.3, 0.4) is 0 Å². The number of nitrogens with one attached hydrogen (secondary N) is 1. The lowest BCUT2D eigenvalue weighted by atomic mass is 10.3. The zero-order chi connectivity index (χ0) is 30.8. The number of nitrogens with zero attached hydrogens (tertiary/aromatic N) is 2. The molecule has 0 amide bonds. The van der Waals surface area contributed by atoms with Crippen molar-refractivity contribution in [3.8, 4) is 0 Å². The largest absolute Gasteiger partial charge is 0.399 e. The fraction of sp³-hybridized carbons (Fsp3) is 0. The van der Waals surface area contributed by atoms with Gasteiger partial charge in [0.2, 0.25) is 0 Å². The van der Waals surface area contributed by atoms with E-state index >= 15 is 0 Å². The second kappa shape index (κ2) is 14.1.